The number of nitrogens with one attached hydrogen (secondary N) is 2. The summed E-state index contributed by atoms with van der Waals surface area (Å²) in [4.78, 5) is 8.68. The van der Waals surface area contributed by atoms with Crippen molar-refractivity contribution in [1.82, 2.24) is 9.97 Å². The smallest absolute Gasteiger partial charge is 0.229 e. The second-order valence-corrected chi connectivity index (χ2v) is 6.03. The average Bonchev–Trinajstić information content (AvgIpc) is 2.59. The van der Waals surface area contributed by atoms with E-state index in [4.69, 9.17) is 5.26 Å². The second kappa shape index (κ2) is 7.11. The van der Waals surface area contributed by atoms with Crippen molar-refractivity contribution >= 4 is 39.1 Å². The van der Waals surface area contributed by atoms with Gasteiger partial charge in [0.15, 0.2) is 0 Å². The molecule has 0 spiro atoms. The number of hydrogen-bond donors (Lipinski definition) is 2. The number of aromatic nitrogens is 2. The number of anilines is 4. The van der Waals surface area contributed by atoms with Crippen LogP contribution in [0.3, 0.4) is 0 Å². The molecule has 0 saturated carbocycles. The van der Waals surface area contributed by atoms with E-state index in [1.807, 2.05) is 37.3 Å². The average molecular weight is 380 g/mol. The summed E-state index contributed by atoms with van der Waals surface area (Å²) in [6.45, 7) is 2.02. The maximum Gasteiger partial charge on any atom is 0.229 e. The molecule has 1 aromatic heterocycles. The number of rotatable bonds is 4. The van der Waals surface area contributed by atoms with Crippen molar-refractivity contribution in [3.8, 4) is 6.07 Å². The quantitative estimate of drug-likeness (QED) is 0.673. The van der Waals surface area contributed by atoms with Gasteiger partial charge in [-0.15, -0.1) is 0 Å². The molecular formula is C18H14BrN5. The Bertz CT molecular complexity index is 917. The molecule has 118 valence electrons. The van der Waals surface area contributed by atoms with E-state index >= 15 is 0 Å². The number of nitriles is 1. The van der Waals surface area contributed by atoms with E-state index in [0.717, 1.165) is 21.4 Å². The minimum Gasteiger partial charge on any atom is -0.340 e. The summed E-state index contributed by atoms with van der Waals surface area (Å²) in [6.07, 6.45) is 1.68. The summed E-state index contributed by atoms with van der Waals surface area (Å²) in [5.74, 6) is 1.15. The molecule has 2 aromatic carbocycles. The lowest BCUT2D eigenvalue weighted by molar-refractivity contribution is 1.16. The van der Waals surface area contributed by atoms with Crippen LogP contribution < -0.4 is 10.6 Å². The first-order valence-corrected chi connectivity index (χ1v) is 8.07. The van der Waals surface area contributed by atoms with Gasteiger partial charge in [0, 0.05) is 22.0 Å². The molecule has 5 nitrogen and oxygen atoms in total. The van der Waals surface area contributed by atoms with Gasteiger partial charge in [-0.3, -0.25) is 0 Å². The van der Waals surface area contributed by atoms with Crippen molar-refractivity contribution in [2.75, 3.05) is 10.6 Å². The van der Waals surface area contributed by atoms with E-state index in [9.17, 15) is 0 Å². The first kappa shape index (κ1) is 16.0. The Morgan fingerprint density at radius 1 is 1.04 bits per heavy atom. The predicted octanol–water partition coefficient (Wildman–Crippen LogP) is 4.91. The van der Waals surface area contributed by atoms with Gasteiger partial charge in [0.25, 0.3) is 0 Å². The van der Waals surface area contributed by atoms with Crippen molar-refractivity contribution in [3.63, 3.8) is 0 Å². The first-order chi connectivity index (χ1) is 11.6. The van der Waals surface area contributed by atoms with E-state index in [1.165, 1.54) is 0 Å². The van der Waals surface area contributed by atoms with Gasteiger partial charge in [-0.05, 0) is 55.0 Å². The molecule has 3 rings (SSSR count). The molecular weight excluding hydrogens is 366 g/mol. The van der Waals surface area contributed by atoms with E-state index in [2.05, 4.69) is 42.6 Å². The van der Waals surface area contributed by atoms with Crippen molar-refractivity contribution in [1.29, 1.82) is 5.26 Å². The lowest BCUT2D eigenvalue weighted by Crippen LogP contribution is -2.00. The molecule has 0 aliphatic carbocycles. The normalized spacial score (nSPS) is 10.0. The van der Waals surface area contributed by atoms with Crippen molar-refractivity contribution in [2.45, 2.75) is 6.92 Å². The van der Waals surface area contributed by atoms with Crippen molar-refractivity contribution < 1.29 is 0 Å². The van der Waals surface area contributed by atoms with E-state index in [0.29, 0.717) is 17.3 Å². The Labute approximate surface area is 148 Å². The fraction of sp³-hybridized carbons (Fsp3) is 0.0556. The maximum atomic E-state index is 8.96. The minimum atomic E-state index is 0.498. The van der Waals surface area contributed by atoms with Gasteiger partial charge < -0.3 is 10.6 Å². The van der Waals surface area contributed by atoms with Crippen LogP contribution >= 0.6 is 15.9 Å². The summed E-state index contributed by atoms with van der Waals surface area (Å²) in [7, 11) is 0. The van der Waals surface area contributed by atoms with Gasteiger partial charge in [-0.2, -0.15) is 10.2 Å². The molecule has 0 saturated heterocycles. The largest absolute Gasteiger partial charge is 0.340 e. The molecule has 2 N–H and O–H groups in total. The highest BCUT2D eigenvalue weighted by atomic mass is 79.9. The second-order valence-electron chi connectivity index (χ2n) is 5.17. The molecule has 0 fully saturated rings. The number of benzene rings is 2. The Hall–Kier alpha value is -2.91. The fourth-order valence-corrected chi connectivity index (χ4v) is 2.40. The predicted molar refractivity (Wildman–Crippen MR) is 98.6 cm³/mol. The lowest BCUT2D eigenvalue weighted by atomic mass is 10.2. The summed E-state index contributed by atoms with van der Waals surface area (Å²) >= 11 is 3.48. The third-order valence-electron chi connectivity index (χ3n) is 3.33. The first-order valence-electron chi connectivity index (χ1n) is 7.27. The van der Waals surface area contributed by atoms with Gasteiger partial charge in [0.05, 0.1) is 11.6 Å². The zero-order valence-electron chi connectivity index (χ0n) is 12.9. The van der Waals surface area contributed by atoms with Crippen LogP contribution in [-0.2, 0) is 0 Å². The topological polar surface area (TPSA) is 73.6 Å². The monoisotopic (exact) mass is 379 g/mol. The molecule has 0 bridgehead atoms. The van der Waals surface area contributed by atoms with Crippen LogP contribution in [0.4, 0.5) is 23.1 Å². The lowest BCUT2D eigenvalue weighted by Gasteiger charge is -2.09. The van der Waals surface area contributed by atoms with Crippen LogP contribution in [0.5, 0.6) is 0 Å². The zero-order chi connectivity index (χ0) is 16.9. The van der Waals surface area contributed by atoms with Crippen LogP contribution in [-0.4, -0.2) is 9.97 Å². The maximum absolute atomic E-state index is 8.96. The Morgan fingerprint density at radius 2 is 1.88 bits per heavy atom. The van der Waals surface area contributed by atoms with E-state index < -0.39 is 0 Å². The summed E-state index contributed by atoms with van der Waals surface area (Å²) in [5.41, 5.74) is 3.44. The zero-order valence-corrected chi connectivity index (χ0v) is 14.5. The van der Waals surface area contributed by atoms with Gasteiger partial charge in [-0.25, -0.2) is 4.98 Å². The van der Waals surface area contributed by atoms with Gasteiger partial charge in [-0.1, -0.05) is 22.0 Å². The molecule has 0 atom stereocenters. The van der Waals surface area contributed by atoms with Crippen LogP contribution in [0, 0.1) is 18.3 Å². The number of aryl methyl sites for hydroxylation is 1. The highest BCUT2D eigenvalue weighted by molar-refractivity contribution is 9.10. The molecule has 0 amide bonds. The molecule has 1 heterocycles. The van der Waals surface area contributed by atoms with Crippen molar-refractivity contribution in [3.05, 3.63) is 70.3 Å². The molecule has 6 heteroatoms. The van der Waals surface area contributed by atoms with Gasteiger partial charge in [0.2, 0.25) is 5.95 Å². The van der Waals surface area contributed by atoms with Crippen LogP contribution in [0.1, 0.15) is 11.1 Å². The number of halogens is 1. The van der Waals surface area contributed by atoms with Crippen LogP contribution in [0.25, 0.3) is 0 Å². The summed E-state index contributed by atoms with van der Waals surface area (Å²) in [5, 5.41) is 15.3. The van der Waals surface area contributed by atoms with E-state index in [-0.39, 0.29) is 0 Å². The standard InChI is InChI=1S/C18H14BrN5/c1-12-9-15(5-6-16(12)19)23-18-21-8-7-17(24-18)22-14-4-2-3-13(10-14)11-20/h2-10H,1H3,(H2,21,22,23,24). The Morgan fingerprint density at radius 3 is 2.67 bits per heavy atom. The molecule has 24 heavy (non-hydrogen) atoms. The Kier molecular flexibility index (Phi) is 4.73. The molecule has 0 radical (unpaired) electrons. The van der Waals surface area contributed by atoms with Crippen LogP contribution in [0.2, 0.25) is 0 Å². The van der Waals surface area contributed by atoms with Gasteiger partial charge in [0.1, 0.15) is 5.82 Å². The van der Waals surface area contributed by atoms with Crippen molar-refractivity contribution in [2.24, 2.45) is 0 Å². The third-order valence-corrected chi connectivity index (χ3v) is 4.22. The van der Waals surface area contributed by atoms with E-state index in [1.54, 1.807) is 24.4 Å². The fourth-order valence-electron chi connectivity index (χ4n) is 2.15. The Balaban J connectivity index is 1.78. The number of hydrogen-bond acceptors (Lipinski definition) is 5. The molecule has 0 unspecified atom stereocenters. The minimum absolute atomic E-state index is 0.498. The SMILES string of the molecule is Cc1cc(Nc2nccc(Nc3cccc(C#N)c3)n2)ccc1Br. The molecule has 3 aromatic rings. The summed E-state index contributed by atoms with van der Waals surface area (Å²) in [6, 6.07) is 17.1. The third kappa shape index (κ3) is 3.89. The molecule has 0 aliphatic rings. The highest BCUT2D eigenvalue weighted by Gasteiger charge is 2.03. The van der Waals surface area contributed by atoms with Crippen LogP contribution in [0.15, 0.2) is 59.2 Å². The summed E-state index contributed by atoms with van der Waals surface area (Å²) < 4.78 is 1.06. The molecule has 0 aliphatic heterocycles. The highest BCUT2D eigenvalue weighted by Crippen LogP contribution is 2.22. The van der Waals surface area contributed by atoms with Gasteiger partial charge >= 0.3 is 0 Å². The number of nitrogens with zero attached hydrogens (tertiary/aromatic N) is 3.